The van der Waals surface area contributed by atoms with Gasteiger partial charge >= 0.3 is 0 Å². The van der Waals surface area contributed by atoms with Gasteiger partial charge in [0, 0.05) is 11.1 Å². The maximum atomic E-state index is 12.7. The second-order valence-electron chi connectivity index (χ2n) is 8.20. The molecule has 0 spiro atoms. The van der Waals surface area contributed by atoms with Crippen molar-refractivity contribution in [2.45, 2.75) is 51.5 Å². The number of piperidine rings is 1. The zero-order chi connectivity index (χ0) is 21.5. The van der Waals surface area contributed by atoms with Gasteiger partial charge in [-0.2, -0.15) is 0 Å². The van der Waals surface area contributed by atoms with E-state index in [0.717, 1.165) is 43.0 Å². The number of rotatable bonds is 8. The van der Waals surface area contributed by atoms with Crippen LogP contribution >= 0.6 is 23.2 Å². The minimum atomic E-state index is -0.374. The first-order chi connectivity index (χ1) is 14.5. The normalized spacial score (nSPS) is 15.7. The highest BCUT2D eigenvalue weighted by Crippen LogP contribution is 2.37. The summed E-state index contributed by atoms with van der Waals surface area (Å²) in [6, 6.07) is 11.4. The summed E-state index contributed by atoms with van der Waals surface area (Å²) in [4.78, 5) is 12.7. The lowest BCUT2D eigenvalue weighted by molar-refractivity contribution is 0.0937. The van der Waals surface area contributed by atoms with Crippen LogP contribution in [0.2, 0.25) is 10.0 Å². The lowest BCUT2D eigenvalue weighted by atomic mass is 9.91. The number of halogens is 2. The molecular weight excluding hydrogens is 419 g/mol. The molecule has 0 radical (unpaired) electrons. The summed E-state index contributed by atoms with van der Waals surface area (Å²) in [6.45, 7) is 4.10. The first kappa shape index (κ1) is 22.9. The average molecular weight is 449 g/mol. The first-order valence-corrected chi connectivity index (χ1v) is 11.5. The van der Waals surface area contributed by atoms with Gasteiger partial charge in [0.2, 0.25) is 0 Å². The van der Waals surface area contributed by atoms with E-state index in [1.807, 2.05) is 37.3 Å². The number of phenols is 1. The Bertz CT molecular complexity index is 852. The first-order valence-electron chi connectivity index (χ1n) is 10.7. The largest absolute Gasteiger partial charge is 0.506 e. The van der Waals surface area contributed by atoms with E-state index in [-0.39, 0.29) is 28.3 Å². The molecule has 1 aliphatic rings. The number of hydrogen-bond donors (Lipinski definition) is 3. The molecular formula is C24H30Cl2N2O2. The third kappa shape index (κ3) is 6.13. The van der Waals surface area contributed by atoms with E-state index >= 15 is 0 Å². The van der Waals surface area contributed by atoms with Gasteiger partial charge < -0.3 is 15.7 Å². The standard InChI is InChI=1S/C24H30Cl2N2O2/c1-16(14-18-6-3-2-4-7-18)28-24(30)20-15-21(25)19(22(26)23(20)29)9-5-8-17-10-12-27-13-11-17/h2-4,6-7,15-17,27,29H,5,8-14H2,1H3,(H,28,30)/t16-/m1/s1. The smallest absolute Gasteiger partial charge is 0.255 e. The molecule has 1 aliphatic heterocycles. The molecule has 0 aliphatic carbocycles. The Morgan fingerprint density at radius 3 is 2.63 bits per heavy atom. The highest BCUT2D eigenvalue weighted by atomic mass is 35.5. The third-order valence-electron chi connectivity index (χ3n) is 5.79. The van der Waals surface area contributed by atoms with Crippen molar-refractivity contribution < 1.29 is 9.90 Å². The molecule has 0 saturated carbocycles. The predicted octanol–water partition coefficient (Wildman–Crippen LogP) is 5.38. The fraction of sp³-hybridized carbons (Fsp3) is 0.458. The van der Waals surface area contributed by atoms with Crippen molar-refractivity contribution in [3.63, 3.8) is 0 Å². The van der Waals surface area contributed by atoms with Crippen LogP contribution in [-0.2, 0) is 12.8 Å². The van der Waals surface area contributed by atoms with Gasteiger partial charge in [-0.3, -0.25) is 4.79 Å². The third-order valence-corrected chi connectivity index (χ3v) is 6.54. The average Bonchev–Trinajstić information content (AvgIpc) is 2.74. The number of nitrogens with one attached hydrogen (secondary N) is 2. The predicted molar refractivity (Wildman–Crippen MR) is 124 cm³/mol. The van der Waals surface area contributed by atoms with Crippen molar-refractivity contribution in [3.8, 4) is 5.75 Å². The van der Waals surface area contributed by atoms with Crippen molar-refractivity contribution in [2.75, 3.05) is 13.1 Å². The lowest BCUT2D eigenvalue weighted by Gasteiger charge is -2.22. The van der Waals surface area contributed by atoms with Crippen LogP contribution < -0.4 is 10.6 Å². The van der Waals surface area contributed by atoms with E-state index in [1.165, 1.54) is 18.9 Å². The van der Waals surface area contributed by atoms with Crippen LogP contribution in [0.5, 0.6) is 5.75 Å². The summed E-state index contributed by atoms with van der Waals surface area (Å²) in [6.07, 6.45) is 5.88. The van der Waals surface area contributed by atoms with Crippen molar-refractivity contribution >= 4 is 29.1 Å². The molecule has 3 N–H and O–H groups in total. The molecule has 1 amide bonds. The number of carbonyl (C=O) groups is 1. The Hall–Kier alpha value is -1.75. The molecule has 30 heavy (non-hydrogen) atoms. The summed E-state index contributed by atoms with van der Waals surface area (Å²) < 4.78 is 0. The van der Waals surface area contributed by atoms with E-state index in [9.17, 15) is 9.90 Å². The van der Waals surface area contributed by atoms with Gasteiger partial charge in [-0.25, -0.2) is 0 Å². The zero-order valence-corrected chi connectivity index (χ0v) is 18.9. The van der Waals surface area contributed by atoms with Crippen LogP contribution in [0.3, 0.4) is 0 Å². The van der Waals surface area contributed by atoms with Crippen LogP contribution in [0.4, 0.5) is 0 Å². The quantitative estimate of drug-likeness (QED) is 0.507. The van der Waals surface area contributed by atoms with Gasteiger partial charge in [-0.15, -0.1) is 0 Å². The minimum Gasteiger partial charge on any atom is -0.506 e. The molecule has 2 aromatic rings. The van der Waals surface area contributed by atoms with Crippen molar-refractivity contribution in [1.82, 2.24) is 10.6 Å². The Morgan fingerprint density at radius 2 is 1.93 bits per heavy atom. The van der Waals surface area contributed by atoms with Crippen LogP contribution in [0.15, 0.2) is 36.4 Å². The topological polar surface area (TPSA) is 61.4 Å². The van der Waals surface area contributed by atoms with Gasteiger partial charge in [0.15, 0.2) is 0 Å². The maximum Gasteiger partial charge on any atom is 0.255 e. The monoisotopic (exact) mass is 448 g/mol. The van der Waals surface area contributed by atoms with Crippen LogP contribution in [0.1, 0.15) is 54.1 Å². The molecule has 162 valence electrons. The fourth-order valence-electron chi connectivity index (χ4n) is 4.11. The van der Waals surface area contributed by atoms with E-state index < -0.39 is 0 Å². The van der Waals surface area contributed by atoms with E-state index in [2.05, 4.69) is 10.6 Å². The highest BCUT2D eigenvalue weighted by molar-refractivity contribution is 6.37. The maximum absolute atomic E-state index is 12.7. The molecule has 0 unspecified atom stereocenters. The Kier molecular flexibility index (Phi) is 8.43. The second kappa shape index (κ2) is 11.0. The lowest BCUT2D eigenvalue weighted by Crippen LogP contribution is -2.34. The number of amides is 1. The van der Waals surface area contributed by atoms with Gasteiger partial charge in [-0.1, -0.05) is 60.0 Å². The summed E-state index contributed by atoms with van der Waals surface area (Å²) in [5.41, 5.74) is 1.97. The molecule has 6 heteroatoms. The Labute approximate surface area is 189 Å². The molecule has 2 aromatic carbocycles. The number of hydrogen-bond acceptors (Lipinski definition) is 3. The Morgan fingerprint density at radius 1 is 1.23 bits per heavy atom. The second-order valence-corrected chi connectivity index (χ2v) is 8.98. The van der Waals surface area contributed by atoms with Gasteiger partial charge in [-0.05, 0) is 75.2 Å². The van der Waals surface area contributed by atoms with Crippen LogP contribution in [0.25, 0.3) is 0 Å². The summed E-state index contributed by atoms with van der Waals surface area (Å²) in [5, 5.41) is 17.5. The molecule has 3 rings (SSSR count). The van der Waals surface area contributed by atoms with Gasteiger partial charge in [0.1, 0.15) is 5.75 Å². The van der Waals surface area contributed by atoms with Crippen molar-refractivity contribution in [1.29, 1.82) is 0 Å². The molecule has 1 heterocycles. The Balaban J connectivity index is 1.61. The molecule has 0 bridgehead atoms. The van der Waals surface area contributed by atoms with Gasteiger partial charge in [0.25, 0.3) is 5.91 Å². The fourth-order valence-corrected chi connectivity index (χ4v) is 4.75. The summed E-state index contributed by atoms with van der Waals surface area (Å²) in [5.74, 6) is 0.164. The van der Waals surface area contributed by atoms with Crippen LogP contribution in [-0.4, -0.2) is 30.1 Å². The SMILES string of the molecule is C[C@H](Cc1ccccc1)NC(=O)c1cc(Cl)c(CCCC2CCNCC2)c(Cl)c1O. The van der Waals surface area contributed by atoms with E-state index in [4.69, 9.17) is 23.2 Å². The molecule has 1 saturated heterocycles. The number of benzene rings is 2. The number of carbonyl (C=O) groups excluding carboxylic acids is 1. The van der Waals surface area contributed by atoms with Gasteiger partial charge in [0.05, 0.1) is 10.6 Å². The zero-order valence-electron chi connectivity index (χ0n) is 17.4. The molecule has 4 nitrogen and oxygen atoms in total. The van der Waals surface area contributed by atoms with E-state index in [0.29, 0.717) is 17.9 Å². The number of aromatic hydroxyl groups is 1. The highest BCUT2D eigenvalue weighted by Gasteiger charge is 2.21. The molecule has 1 atom stereocenters. The molecule has 1 fully saturated rings. The number of phenolic OH excluding ortho intramolecular Hbond substituents is 1. The minimum absolute atomic E-state index is 0.0958. The summed E-state index contributed by atoms with van der Waals surface area (Å²) >= 11 is 12.9. The van der Waals surface area contributed by atoms with Crippen LogP contribution in [0, 0.1) is 5.92 Å². The molecule has 0 aromatic heterocycles. The van der Waals surface area contributed by atoms with E-state index in [1.54, 1.807) is 0 Å². The van der Waals surface area contributed by atoms with Crippen molar-refractivity contribution in [2.24, 2.45) is 5.92 Å². The summed E-state index contributed by atoms with van der Waals surface area (Å²) in [7, 11) is 0. The van der Waals surface area contributed by atoms with Crippen molar-refractivity contribution in [3.05, 3.63) is 63.1 Å².